The molecule has 7 heteroatoms. The summed E-state index contributed by atoms with van der Waals surface area (Å²) in [6.45, 7) is 5.89. The Hall–Kier alpha value is -2.87. The molecule has 0 bridgehead atoms. The predicted octanol–water partition coefficient (Wildman–Crippen LogP) is 7.38. The summed E-state index contributed by atoms with van der Waals surface area (Å²) < 4.78 is 32.5. The third kappa shape index (κ3) is 6.06. The monoisotopic (exact) mass is 549 g/mol. The Morgan fingerprint density at radius 3 is 2.50 bits per heavy atom. The highest BCUT2D eigenvalue weighted by Gasteiger charge is 2.19. The number of thiophene rings is 1. The lowest BCUT2D eigenvalue weighted by molar-refractivity contribution is 0.183. The SMILES string of the molecule is CCCCS(=O)(=O)c1ccc(-c2sc3cc(O)ccc3c2-c2cccc(OCCN3CCCCC3)c2)cc1. The number of nitrogens with zero attached hydrogens (tertiary/aromatic N) is 1. The van der Waals surface area contributed by atoms with Gasteiger partial charge in [0.05, 0.1) is 10.6 Å². The second kappa shape index (κ2) is 11.9. The van der Waals surface area contributed by atoms with Crippen LogP contribution in [0.4, 0.5) is 0 Å². The molecule has 0 aliphatic carbocycles. The number of hydrogen-bond acceptors (Lipinski definition) is 6. The van der Waals surface area contributed by atoms with Crippen LogP contribution in [0.2, 0.25) is 0 Å². The molecule has 1 aliphatic rings. The second-order valence-corrected chi connectivity index (χ2v) is 13.1. The number of likely N-dealkylation sites (tertiary alicyclic amines) is 1. The number of ether oxygens (including phenoxy) is 1. The molecule has 4 aromatic rings. The first-order valence-electron chi connectivity index (χ1n) is 13.5. The molecular formula is C31H35NO4S2. The van der Waals surface area contributed by atoms with E-state index in [2.05, 4.69) is 17.0 Å². The molecule has 0 amide bonds. The number of benzene rings is 3. The summed E-state index contributed by atoms with van der Waals surface area (Å²) in [4.78, 5) is 3.86. The van der Waals surface area contributed by atoms with Gasteiger partial charge in [0.2, 0.25) is 0 Å². The van der Waals surface area contributed by atoms with Crippen molar-refractivity contribution in [1.82, 2.24) is 4.90 Å². The fraction of sp³-hybridized carbons (Fsp3) is 0.355. The fourth-order valence-electron chi connectivity index (χ4n) is 5.06. The van der Waals surface area contributed by atoms with Crippen LogP contribution in [-0.4, -0.2) is 50.4 Å². The van der Waals surface area contributed by atoms with E-state index in [1.54, 1.807) is 35.6 Å². The van der Waals surface area contributed by atoms with Crippen molar-refractivity contribution in [2.75, 3.05) is 32.0 Å². The average Bonchev–Trinajstić information content (AvgIpc) is 3.31. The van der Waals surface area contributed by atoms with E-state index in [-0.39, 0.29) is 11.5 Å². The number of phenols is 1. The Morgan fingerprint density at radius 1 is 0.947 bits per heavy atom. The highest BCUT2D eigenvalue weighted by atomic mass is 32.2. The normalized spacial score (nSPS) is 14.7. The zero-order valence-corrected chi connectivity index (χ0v) is 23.5. The molecule has 1 aromatic heterocycles. The number of rotatable bonds is 10. The van der Waals surface area contributed by atoms with Crippen molar-refractivity contribution in [3.63, 3.8) is 0 Å². The van der Waals surface area contributed by atoms with Gasteiger partial charge in [-0.3, -0.25) is 4.90 Å². The number of phenolic OH excluding ortho intramolecular Hbond substituents is 1. The molecule has 0 spiro atoms. The van der Waals surface area contributed by atoms with Crippen molar-refractivity contribution >= 4 is 31.3 Å². The van der Waals surface area contributed by atoms with Crippen LogP contribution in [0.1, 0.15) is 39.0 Å². The lowest BCUT2D eigenvalue weighted by Crippen LogP contribution is -2.33. The van der Waals surface area contributed by atoms with Crippen molar-refractivity contribution in [1.29, 1.82) is 0 Å². The van der Waals surface area contributed by atoms with Crippen LogP contribution in [0, 0.1) is 0 Å². The number of unbranched alkanes of at least 4 members (excludes halogenated alkanes) is 1. The summed E-state index contributed by atoms with van der Waals surface area (Å²) in [5, 5.41) is 11.2. The first-order chi connectivity index (χ1) is 18.4. The minimum absolute atomic E-state index is 0.167. The maximum Gasteiger partial charge on any atom is 0.178 e. The standard InChI is InChI=1S/C31H35NO4S2/c1-2-3-20-38(34,35)27-13-10-23(11-14-27)31-30(28-15-12-25(33)22-29(28)37-31)24-8-7-9-26(21-24)36-19-18-32-16-5-4-6-17-32/h7-15,21-22,33H,2-6,16-20H2,1H3. The maximum absolute atomic E-state index is 12.7. The van der Waals surface area contributed by atoms with E-state index in [0.29, 0.717) is 17.9 Å². The molecular weight excluding hydrogens is 514 g/mol. The quantitative estimate of drug-likeness (QED) is 0.224. The maximum atomic E-state index is 12.7. The van der Waals surface area contributed by atoms with Crippen molar-refractivity contribution in [2.24, 2.45) is 0 Å². The van der Waals surface area contributed by atoms with Gasteiger partial charge < -0.3 is 9.84 Å². The molecule has 0 saturated carbocycles. The average molecular weight is 550 g/mol. The number of fused-ring (bicyclic) bond motifs is 1. The topological polar surface area (TPSA) is 66.8 Å². The molecule has 1 saturated heterocycles. The second-order valence-electron chi connectivity index (χ2n) is 9.96. The number of aromatic hydroxyl groups is 1. The van der Waals surface area contributed by atoms with Crippen LogP contribution in [0.3, 0.4) is 0 Å². The summed E-state index contributed by atoms with van der Waals surface area (Å²) in [6.07, 6.45) is 5.36. The number of piperidine rings is 1. The molecule has 0 radical (unpaired) electrons. The Morgan fingerprint density at radius 2 is 1.74 bits per heavy atom. The molecule has 0 atom stereocenters. The molecule has 0 unspecified atom stereocenters. The smallest absolute Gasteiger partial charge is 0.178 e. The van der Waals surface area contributed by atoms with E-state index in [1.807, 2.05) is 37.3 Å². The Bertz CT molecular complexity index is 1490. The van der Waals surface area contributed by atoms with Crippen LogP contribution in [0.5, 0.6) is 11.5 Å². The van der Waals surface area contributed by atoms with Gasteiger partial charge in [0.25, 0.3) is 0 Å². The van der Waals surface area contributed by atoms with Crippen LogP contribution >= 0.6 is 11.3 Å². The molecule has 3 aromatic carbocycles. The highest BCUT2D eigenvalue weighted by molar-refractivity contribution is 7.91. The van der Waals surface area contributed by atoms with Gasteiger partial charge in [0, 0.05) is 27.1 Å². The lowest BCUT2D eigenvalue weighted by Gasteiger charge is -2.26. The van der Waals surface area contributed by atoms with Gasteiger partial charge in [-0.05, 0) is 85.9 Å². The number of sulfone groups is 1. The van der Waals surface area contributed by atoms with Gasteiger partial charge in [0.1, 0.15) is 18.1 Å². The van der Waals surface area contributed by atoms with Crippen molar-refractivity contribution < 1.29 is 18.3 Å². The van der Waals surface area contributed by atoms with Crippen molar-refractivity contribution in [2.45, 2.75) is 43.9 Å². The van der Waals surface area contributed by atoms with Crippen LogP contribution in [-0.2, 0) is 9.84 Å². The van der Waals surface area contributed by atoms with Gasteiger partial charge in [-0.15, -0.1) is 11.3 Å². The van der Waals surface area contributed by atoms with Crippen LogP contribution < -0.4 is 4.74 Å². The van der Waals surface area contributed by atoms with Gasteiger partial charge in [-0.25, -0.2) is 8.42 Å². The minimum Gasteiger partial charge on any atom is -0.508 e. The summed E-state index contributed by atoms with van der Waals surface area (Å²) in [5.74, 6) is 1.23. The van der Waals surface area contributed by atoms with E-state index in [1.165, 1.54) is 19.3 Å². The minimum atomic E-state index is -3.29. The molecule has 1 N–H and O–H groups in total. The third-order valence-corrected chi connectivity index (χ3v) is 10.2. The van der Waals surface area contributed by atoms with E-state index in [9.17, 15) is 13.5 Å². The molecule has 1 aliphatic heterocycles. The largest absolute Gasteiger partial charge is 0.508 e. The van der Waals surface area contributed by atoms with Gasteiger partial charge in [-0.1, -0.05) is 44.0 Å². The third-order valence-electron chi connectivity index (χ3n) is 7.16. The van der Waals surface area contributed by atoms with Crippen LogP contribution in [0.15, 0.2) is 71.6 Å². The first-order valence-corrected chi connectivity index (χ1v) is 16.0. The van der Waals surface area contributed by atoms with E-state index < -0.39 is 9.84 Å². The molecule has 2 heterocycles. The number of hydrogen-bond donors (Lipinski definition) is 1. The Labute approximate surface area is 229 Å². The summed E-state index contributed by atoms with van der Waals surface area (Å²) in [6, 6.07) is 20.8. The van der Waals surface area contributed by atoms with E-state index in [4.69, 9.17) is 4.74 Å². The summed E-state index contributed by atoms with van der Waals surface area (Å²) in [7, 11) is -3.29. The first kappa shape index (κ1) is 26.7. The van der Waals surface area contributed by atoms with Crippen molar-refractivity contribution in [3.05, 3.63) is 66.7 Å². The predicted molar refractivity (Wildman–Crippen MR) is 157 cm³/mol. The Balaban J connectivity index is 1.46. The molecule has 5 nitrogen and oxygen atoms in total. The zero-order valence-electron chi connectivity index (χ0n) is 21.9. The lowest BCUT2D eigenvalue weighted by atomic mass is 9.98. The van der Waals surface area contributed by atoms with Crippen molar-refractivity contribution in [3.8, 4) is 33.1 Å². The molecule has 1 fully saturated rings. The van der Waals surface area contributed by atoms with Gasteiger partial charge >= 0.3 is 0 Å². The molecule has 200 valence electrons. The van der Waals surface area contributed by atoms with E-state index >= 15 is 0 Å². The van der Waals surface area contributed by atoms with E-state index in [0.717, 1.165) is 63.5 Å². The van der Waals surface area contributed by atoms with Gasteiger partial charge in [0.15, 0.2) is 9.84 Å². The Kier molecular flexibility index (Phi) is 8.36. The van der Waals surface area contributed by atoms with Crippen LogP contribution in [0.25, 0.3) is 31.7 Å². The fourth-order valence-corrected chi connectivity index (χ4v) is 7.78. The van der Waals surface area contributed by atoms with Gasteiger partial charge in [-0.2, -0.15) is 0 Å². The molecule has 5 rings (SSSR count). The summed E-state index contributed by atoms with van der Waals surface area (Å²) in [5.41, 5.74) is 3.05. The summed E-state index contributed by atoms with van der Waals surface area (Å²) >= 11 is 1.60. The molecule has 38 heavy (non-hydrogen) atoms. The highest BCUT2D eigenvalue weighted by Crippen LogP contribution is 2.46. The zero-order chi connectivity index (χ0) is 26.5.